The second kappa shape index (κ2) is 3.23. The van der Waals surface area contributed by atoms with E-state index in [1.54, 1.807) is 6.20 Å². The maximum Gasteiger partial charge on any atom is 0.0702 e. The van der Waals surface area contributed by atoms with Crippen LogP contribution in [0.1, 0.15) is 5.56 Å². The topological polar surface area (TPSA) is 12.9 Å². The molecule has 0 fully saturated rings. The van der Waals surface area contributed by atoms with Crippen LogP contribution in [0.4, 0.5) is 0 Å². The molecule has 0 unspecified atom stereocenters. The van der Waals surface area contributed by atoms with Gasteiger partial charge in [-0.2, -0.15) is 0 Å². The Kier molecular flexibility index (Phi) is 2.07. The minimum absolute atomic E-state index is 0.783. The predicted molar refractivity (Wildman–Crippen MR) is 59.8 cm³/mol. The fraction of sp³-hybridized carbons (Fsp3) is 0. The van der Waals surface area contributed by atoms with Gasteiger partial charge in [0.1, 0.15) is 0 Å². The first-order valence-corrected chi connectivity index (χ1v) is 4.45. The molecule has 64 valence electrons. The van der Waals surface area contributed by atoms with Crippen molar-refractivity contribution in [3.63, 3.8) is 0 Å². The molecule has 0 atom stereocenters. The van der Waals surface area contributed by atoms with Gasteiger partial charge in [-0.25, -0.2) is 0 Å². The minimum atomic E-state index is 0.783. The molecule has 0 saturated heterocycles. The lowest BCUT2D eigenvalue weighted by Gasteiger charge is -2.00. The SMILES string of the molecule is C=C(S)c1ccc2ncccc2c1. The highest BCUT2D eigenvalue weighted by Crippen LogP contribution is 2.20. The number of pyridine rings is 1. The Morgan fingerprint density at radius 1 is 1.31 bits per heavy atom. The van der Waals surface area contributed by atoms with E-state index in [2.05, 4.69) is 24.2 Å². The van der Waals surface area contributed by atoms with E-state index < -0.39 is 0 Å². The predicted octanol–water partition coefficient (Wildman–Crippen LogP) is 3.14. The first-order valence-electron chi connectivity index (χ1n) is 4.00. The van der Waals surface area contributed by atoms with Crippen molar-refractivity contribution in [2.24, 2.45) is 0 Å². The summed E-state index contributed by atoms with van der Waals surface area (Å²) in [6.07, 6.45) is 1.79. The van der Waals surface area contributed by atoms with Crippen molar-refractivity contribution in [3.8, 4) is 0 Å². The quantitative estimate of drug-likeness (QED) is 0.677. The van der Waals surface area contributed by atoms with Crippen molar-refractivity contribution >= 4 is 28.4 Å². The lowest BCUT2D eigenvalue weighted by molar-refractivity contribution is 1.41. The number of thiol groups is 1. The zero-order valence-electron chi connectivity index (χ0n) is 7.07. The van der Waals surface area contributed by atoms with E-state index in [9.17, 15) is 0 Å². The normalized spacial score (nSPS) is 10.2. The lowest BCUT2D eigenvalue weighted by Crippen LogP contribution is -1.80. The fourth-order valence-corrected chi connectivity index (χ4v) is 1.39. The second-order valence-electron chi connectivity index (χ2n) is 2.86. The summed E-state index contributed by atoms with van der Waals surface area (Å²) in [5.41, 5.74) is 2.05. The maximum atomic E-state index is 4.23. The molecule has 1 aromatic carbocycles. The van der Waals surface area contributed by atoms with Gasteiger partial charge in [0.2, 0.25) is 0 Å². The van der Waals surface area contributed by atoms with Crippen LogP contribution in [-0.4, -0.2) is 4.98 Å². The van der Waals surface area contributed by atoms with Crippen molar-refractivity contribution in [3.05, 3.63) is 48.7 Å². The molecule has 1 nitrogen and oxygen atoms in total. The van der Waals surface area contributed by atoms with Crippen molar-refractivity contribution in [1.29, 1.82) is 0 Å². The Morgan fingerprint density at radius 3 is 2.92 bits per heavy atom. The number of rotatable bonds is 1. The van der Waals surface area contributed by atoms with Crippen LogP contribution in [0.3, 0.4) is 0 Å². The number of aromatic nitrogens is 1. The number of benzene rings is 1. The van der Waals surface area contributed by atoms with Gasteiger partial charge in [0.25, 0.3) is 0 Å². The smallest absolute Gasteiger partial charge is 0.0702 e. The molecule has 0 saturated carbocycles. The van der Waals surface area contributed by atoms with Crippen molar-refractivity contribution < 1.29 is 0 Å². The molecule has 1 aromatic heterocycles. The second-order valence-corrected chi connectivity index (χ2v) is 3.40. The van der Waals surface area contributed by atoms with Crippen molar-refractivity contribution in [2.45, 2.75) is 0 Å². The van der Waals surface area contributed by atoms with Gasteiger partial charge in [-0.1, -0.05) is 18.7 Å². The van der Waals surface area contributed by atoms with Crippen LogP contribution in [0.5, 0.6) is 0 Å². The first kappa shape index (κ1) is 8.32. The van der Waals surface area contributed by atoms with E-state index in [0.29, 0.717) is 0 Å². The summed E-state index contributed by atoms with van der Waals surface area (Å²) in [5, 5.41) is 1.12. The Balaban J connectivity index is 2.69. The highest BCUT2D eigenvalue weighted by molar-refractivity contribution is 7.90. The highest BCUT2D eigenvalue weighted by atomic mass is 32.1. The van der Waals surface area contributed by atoms with E-state index in [1.165, 1.54) is 0 Å². The monoisotopic (exact) mass is 187 g/mol. The zero-order valence-corrected chi connectivity index (χ0v) is 7.96. The molecule has 0 spiro atoms. The van der Waals surface area contributed by atoms with E-state index >= 15 is 0 Å². The van der Waals surface area contributed by atoms with Crippen LogP contribution >= 0.6 is 12.6 Å². The van der Waals surface area contributed by atoms with Crippen molar-refractivity contribution in [2.75, 3.05) is 0 Å². The molecule has 0 bridgehead atoms. The molecule has 0 aliphatic carbocycles. The molecule has 2 aromatic rings. The van der Waals surface area contributed by atoms with Crippen LogP contribution < -0.4 is 0 Å². The maximum absolute atomic E-state index is 4.23. The van der Waals surface area contributed by atoms with Crippen LogP contribution in [0.2, 0.25) is 0 Å². The average Bonchev–Trinajstić information content (AvgIpc) is 2.17. The third-order valence-corrected chi connectivity index (χ3v) is 2.19. The Bertz CT molecular complexity index is 462. The van der Waals surface area contributed by atoms with Gasteiger partial charge >= 0.3 is 0 Å². The van der Waals surface area contributed by atoms with E-state index in [4.69, 9.17) is 0 Å². The van der Waals surface area contributed by atoms with Gasteiger partial charge < -0.3 is 0 Å². The minimum Gasteiger partial charge on any atom is -0.256 e. The molecule has 2 heteroatoms. The van der Waals surface area contributed by atoms with E-state index in [1.807, 2.05) is 30.3 Å². The van der Waals surface area contributed by atoms with Gasteiger partial charge in [-0.15, -0.1) is 12.6 Å². The summed E-state index contributed by atoms with van der Waals surface area (Å²) in [7, 11) is 0. The molecule has 0 aliphatic rings. The van der Waals surface area contributed by atoms with Crippen LogP contribution in [-0.2, 0) is 0 Å². The molecular formula is C11H9NS. The van der Waals surface area contributed by atoms with E-state index in [-0.39, 0.29) is 0 Å². The summed E-state index contributed by atoms with van der Waals surface area (Å²) in [6.45, 7) is 3.78. The van der Waals surface area contributed by atoms with Gasteiger partial charge in [-0.05, 0) is 23.8 Å². The Labute approximate surface area is 82.5 Å². The highest BCUT2D eigenvalue weighted by Gasteiger charge is 1.96. The van der Waals surface area contributed by atoms with Crippen LogP contribution in [0, 0.1) is 0 Å². The van der Waals surface area contributed by atoms with Gasteiger partial charge in [0.15, 0.2) is 0 Å². The molecule has 0 radical (unpaired) electrons. The molecule has 0 N–H and O–H groups in total. The number of hydrogen-bond acceptors (Lipinski definition) is 2. The van der Waals surface area contributed by atoms with Gasteiger partial charge in [-0.3, -0.25) is 4.98 Å². The van der Waals surface area contributed by atoms with Crippen LogP contribution in [0.25, 0.3) is 15.8 Å². The summed E-state index contributed by atoms with van der Waals surface area (Å²) < 4.78 is 0. The van der Waals surface area contributed by atoms with Gasteiger partial charge in [0.05, 0.1) is 5.52 Å². The van der Waals surface area contributed by atoms with Gasteiger partial charge in [0, 0.05) is 16.5 Å². The number of hydrogen-bond donors (Lipinski definition) is 1. The molecule has 2 rings (SSSR count). The summed E-state index contributed by atoms with van der Waals surface area (Å²) in [6, 6.07) is 9.95. The summed E-state index contributed by atoms with van der Waals surface area (Å²) in [5.74, 6) is 0. The Morgan fingerprint density at radius 2 is 2.15 bits per heavy atom. The summed E-state index contributed by atoms with van der Waals surface area (Å²) in [4.78, 5) is 5.01. The summed E-state index contributed by atoms with van der Waals surface area (Å²) >= 11 is 4.20. The standard InChI is InChI=1S/C11H9NS/c1-8(13)9-4-5-11-10(7-9)3-2-6-12-11/h2-7,13H,1H2. The van der Waals surface area contributed by atoms with E-state index in [0.717, 1.165) is 21.4 Å². The fourth-order valence-electron chi connectivity index (χ4n) is 1.26. The first-order chi connectivity index (χ1) is 6.27. The number of nitrogens with zero attached hydrogens (tertiary/aromatic N) is 1. The molecule has 0 amide bonds. The van der Waals surface area contributed by atoms with Crippen LogP contribution in [0.15, 0.2) is 43.1 Å². The third-order valence-electron chi connectivity index (χ3n) is 1.94. The molecule has 13 heavy (non-hydrogen) atoms. The largest absolute Gasteiger partial charge is 0.256 e. The molecular weight excluding hydrogens is 178 g/mol. The molecule has 1 heterocycles. The van der Waals surface area contributed by atoms with Crippen molar-refractivity contribution in [1.82, 2.24) is 4.98 Å². The average molecular weight is 187 g/mol. The third kappa shape index (κ3) is 1.58. The zero-order chi connectivity index (χ0) is 9.26. The lowest BCUT2D eigenvalue weighted by atomic mass is 10.1. The Hall–Kier alpha value is -1.28. The number of fused-ring (bicyclic) bond motifs is 1. The molecule has 0 aliphatic heterocycles.